The summed E-state index contributed by atoms with van der Waals surface area (Å²) < 4.78 is 0. The molecule has 1 aromatic rings. The summed E-state index contributed by atoms with van der Waals surface area (Å²) in [5.41, 5.74) is 1.75. The first-order valence-electron chi connectivity index (χ1n) is 7.38. The Hall–Kier alpha value is -2.04. The predicted molar refractivity (Wildman–Crippen MR) is 81.7 cm³/mol. The number of carboxylic acid groups (broad SMARTS) is 1. The molecule has 5 nitrogen and oxygen atoms in total. The van der Waals surface area contributed by atoms with Crippen molar-refractivity contribution in [1.82, 2.24) is 4.90 Å². The number of benzene rings is 1. The van der Waals surface area contributed by atoms with Crippen LogP contribution < -0.4 is 5.32 Å². The van der Waals surface area contributed by atoms with E-state index in [0.717, 1.165) is 31.6 Å². The van der Waals surface area contributed by atoms with E-state index in [4.69, 9.17) is 5.11 Å². The number of carbonyl (C=O) groups is 2. The minimum Gasteiger partial charge on any atom is -0.478 e. The molecule has 1 saturated heterocycles. The van der Waals surface area contributed by atoms with Gasteiger partial charge >= 0.3 is 5.97 Å². The second-order valence-corrected chi connectivity index (χ2v) is 5.59. The highest BCUT2D eigenvalue weighted by atomic mass is 16.4. The zero-order valence-corrected chi connectivity index (χ0v) is 12.6. The normalized spacial score (nSPS) is 16.4. The number of carboxylic acids is 1. The number of aryl methyl sites for hydroxylation is 1. The molecule has 0 aliphatic carbocycles. The van der Waals surface area contributed by atoms with Gasteiger partial charge in [-0.1, -0.05) is 0 Å². The fourth-order valence-corrected chi connectivity index (χ4v) is 2.69. The van der Waals surface area contributed by atoms with Gasteiger partial charge < -0.3 is 15.3 Å². The van der Waals surface area contributed by atoms with Crippen LogP contribution >= 0.6 is 0 Å². The van der Waals surface area contributed by atoms with Crippen LogP contribution in [0.15, 0.2) is 18.2 Å². The number of piperidine rings is 1. The molecule has 1 unspecified atom stereocenters. The van der Waals surface area contributed by atoms with E-state index in [-0.39, 0.29) is 17.5 Å². The average molecular weight is 290 g/mol. The van der Waals surface area contributed by atoms with E-state index in [1.807, 2.05) is 11.8 Å². The van der Waals surface area contributed by atoms with Gasteiger partial charge in [-0.2, -0.15) is 0 Å². The highest BCUT2D eigenvalue weighted by Crippen LogP contribution is 2.17. The Labute approximate surface area is 125 Å². The van der Waals surface area contributed by atoms with Crippen molar-refractivity contribution in [2.24, 2.45) is 0 Å². The SMILES string of the molecule is Cc1cc(NC(C)C(=O)N2CCCCC2)ccc1C(=O)O. The molecule has 0 aromatic heterocycles. The molecule has 1 aliphatic rings. The smallest absolute Gasteiger partial charge is 0.335 e. The quantitative estimate of drug-likeness (QED) is 0.894. The van der Waals surface area contributed by atoms with Crippen LogP contribution in [0.4, 0.5) is 5.69 Å². The first kappa shape index (κ1) is 15.4. The summed E-state index contributed by atoms with van der Waals surface area (Å²) in [5.74, 6) is -0.828. The van der Waals surface area contributed by atoms with Crippen molar-refractivity contribution in [2.45, 2.75) is 39.2 Å². The van der Waals surface area contributed by atoms with E-state index in [1.165, 1.54) is 6.42 Å². The molecule has 0 bridgehead atoms. The Bertz CT molecular complexity index is 536. The maximum absolute atomic E-state index is 12.3. The van der Waals surface area contributed by atoms with Gasteiger partial charge in [0.25, 0.3) is 0 Å². The van der Waals surface area contributed by atoms with Crippen LogP contribution in [0.1, 0.15) is 42.1 Å². The number of hydrogen-bond acceptors (Lipinski definition) is 3. The van der Waals surface area contributed by atoms with Gasteiger partial charge in [-0.25, -0.2) is 4.79 Å². The third-order valence-corrected chi connectivity index (χ3v) is 3.88. The van der Waals surface area contributed by atoms with Crippen molar-refractivity contribution in [3.8, 4) is 0 Å². The monoisotopic (exact) mass is 290 g/mol. The van der Waals surface area contributed by atoms with Gasteiger partial charge in [0.2, 0.25) is 5.91 Å². The van der Waals surface area contributed by atoms with E-state index >= 15 is 0 Å². The summed E-state index contributed by atoms with van der Waals surface area (Å²) in [5, 5.41) is 12.2. The molecule has 114 valence electrons. The molecule has 21 heavy (non-hydrogen) atoms. The van der Waals surface area contributed by atoms with Crippen LogP contribution in [-0.4, -0.2) is 41.0 Å². The van der Waals surface area contributed by atoms with Crippen molar-refractivity contribution in [2.75, 3.05) is 18.4 Å². The Morgan fingerprint density at radius 1 is 1.24 bits per heavy atom. The standard InChI is InChI=1S/C16H22N2O3/c1-11-10-13(6-7-14(11)16(20)21)17-12(2)15(19)18-8-4-3-5-9-18/h6-7,10,12,17H,3-5,8-9H2,1-2H3,(H,20,21). The second-order valence-electron chi connectivity index (χ2n) is 5.59. The number of hydrogen-bond donors (Lipinski definition) is 2. The molecule has 0 spiro atoms. The minimum absolute atomic E-state index is 0.106. The number of rotatable bonds is 4. The van der Waals surface area contributed by atoms with Crippen LogP contribution in [-0.2, 0) is 4.79 Å². The largest absolute Gasteiger partial charge is 0.478 e. The van der Waals surface area contributed by atoms with Crippen molar-refractivity contribution in [3.63, 3.8) is 0 Å². The third kappa shape index (κ3) is 3.74. The molecular formula is C16H22N2O3. The zero-order valence-electron chi connectivity index (χ0n) is 12.6. The number of aromatic carboxylic acids is 1. The van der Waals surface area contributed by atoms with E-state index in [2.05, 4.69) is 5.32 Å². The van der Waals surface area contributed by atoms with E-state index in [9.17, 15) is 9.59 Å². The summed E-state index contributed by atoms with van der Waals surface area (Å²) in [6, 6.07) is 4.73. The minimum atomic E-state index is -0.934. The molecule has 0 radical (unpaired) electrons. The summed E-state index contributed by atoms with van der Waals surface area (Å²) in [6.45, 7) is 5.27. The maximum atomic E-state index is 12.3. The molecule has 0 saturated carbocycles. The average Bonchev–Trinajstić information content (AvgIpc) is 2.47. The van der Waals surface area contributed by atoms with Gasteiger partial charge in [0.15, 0.2) is 0 Å². The highest BCUT2D eigenvalue weighted by molar-refractivity contribution is 5.90. The maximum Gasteiger partial charge on any atom is 0.335 e. The Morgan fingerprint density at radius 2 is 1.90 bits per heavy atom. The number of likely N-dealkylation sites (tertiary alicyclic amines) is 1. The number of nitrogens with one attached hydrogen (secondary N) is 1. The summed E-state index contributed by atoms with van der Waals surface area (Å²) in [4.78, 5) is 25.2. The van der Waals surface area contributed by atoms with E-state index in [0.29, 0.717) is 5.56 Å². The van der Waals surface area contributed by atoms with Crippen LogP contribution in [0.2, 0.25) is 0 Å². The number of amides is 1. The zero-order chi connectivity index (χ0) is 15.4. The van der Waals surface area contributed by atoms with Crippen LogP contribution in [0.3, 0.4) is 0 Å². The van der Waals surface area contributed by atoms with E-state index < -0.39 is 5.97 Å². The Kier molecular flexibility index (Phi) is 4.83. The molecule has 5 heteroatoms. The third-order valence-electron chi connectivity index (χ3n) is 3.88. The van der Waals surface area contributed by atoms with Crippen molar-refractivity contribution in [1.29, 1.82) is 0 Å². The fourth-order valence-electron chi connectivity index (χ4n) is 2.69. The van der Waals surface area contributed by atoms with Crippen molar-refractivity contribution < 1.29 is 14.7 Å². The van der Waals surface area contributed by atoms with Crippen molar-refractivity contribution in [3.05, 3.63) is 29.3 Å². The van der Waals surface area contributed by atoms with Crippen LogP contribution in [0, 0.1) is 6.92 Å². The highest BCUT2D eigenvalue weighted by Gasteiger charge is 2.22. The first-order valence-corrected chi connectivity index (χ1v) is 7.38. The van der Waals surface area contributed by atoms with Gasteiger partial charge in [0.1, 0.15) is 6.04 Å². The number of anilines is 1. The molecule has 1 amide bonds. The van der Waals surface area contributed by atoms with Gasteiger partial charge in [0.05, 0.1) is 5.56 Å². The van der Waals surface area contributed by atoms with E-state index in [1.54, 1.807) is 25.1 Å². The lowest BCUT2D eigenvalue weighted by atomic mass is 10.1. The second kappa shape index (κ2) is 6.61. The van der Waals surface area contributed by atoms with Crippen molar-refractivity contribution >= 4 is 17.6 Å². The molecule has 1 fully saturated rings. The lowest BCUT2D eigenvalue weighted by Crippen LogP contribution is -2.43. The molecule has 1 aliphatic heterocycles. The Morgan fingerprint density at radius 3 is 2.48 bits per heavy atom. The number of nitrogens with zero attached hydrogens (tertiary/aromatic N) is 1. The lowest BCUT2D eigenvalue weighted by Gasteiger charge is -2.29. The first-order chi connectivity index (χ1) is 9.99. The molecule has 2 rings (SSSR count). The van der Waals surface area contributed by atoms with Crippen LogP contribution in [0.5, 0.6) is 0 Å². The van der Waals surface area contributed by atoms with Crippen LogP contribution in [0.25, 0.3) is 0 Å². The molecular weight excluding hydrogens is 268 g/mol. The van der Waals surface area contributed by atoms with Gasteiger partial charge in [0, 0.05) is 18.8 Å². The number of carbonyl (C=O) groups excluding carboxylic acids is 1. The van der Waals surface area contributed by atoms with Gasteiger partial charge in [-0.05, 0) is 56.9 Å². The van der Waals surface area contributed by atoms with Gasteiger partial charge in [-0.15, -0.1) is 0 Å². The summed E-state index contributed by atoms with van der Waals surface area (Å²) in [7, 11) is 0. The topological polar surface area (TPSA) is 69.6 Å². The fraction of sp³-hybridized carbons (Fsp3) is 0.500. The molecule has 1 atom stereocenters. The van der Waals surface area contributed by atoms with Gasteiger partial charge in [-0.3, -0.25) is 4.79 Å². The molecule has 1 aromatic carbocycles. The molecule has 2 N–H and O–H groups in total. The summed E-state index contributed by atoms with van der Waals surface area (Å²) in [6.07, 6.45) is 3.34. The summed E-state index contributed by atoms with van der Waals surface area (Å²) >= 11 is 0. The lowest BCUT2D eigenvalue weighted by molar-refractivity contribution is -0.132. The predicted octanol–water partition coefficient (Wildman–Crippen LogP) is 2.51. The Balaban J connectivity index is 2.01. The molecule has 1 heterocycles.